The summed E-state index contributed by atoms with van der Waals surface area (Å²) < 4.78 is 79.5. The van der Waals surface area contributed by atoms with Crippen LogP contribution in [0.5, 0.6) is 5.75 Å². The summed E-state index contributed by atoms with van der Waals surface area (Å²) in [4.78, 5) is -2.18. The Bertz CT molecular complexity index is 501. The third kappa shape index (κ3) is 2.48. The van der Waals surface area contributed by atoms with E-state index in [0.717, 1.165) is 0 Å². The number of phenols is 1. The fourth-order valence-electron chi connectivity index (χ4n) is 0.826. The van der Waals surface area contributed by atoms with Crippen molar-refractivity contribution in [2.45, 2.75) is 4.90 Å². The minimum absolute atomic E-state index is 0. The summed E-state index contributed by atoms with van der Waals surface area (Å²) in [7, 11) is -5.47. The Morgan fingerprint density at radius 1 is 0.875 bits per heavy atom. The van der Waals surface area contributed by atoms with Gasteiger partial charge in [0.2, 0.25) is 11.6 Å². The Morgan fingerprint density at radius 2 is 1.19 bits per heavy atom. The molecule has 0 atom stereocenters. The predicted molar refractivity (Wildman–Crippen MR) is 44.9 cm³/mol. The minimum atomic E-state index is -5.47. The van der Waals surface area contributed by atoms with Crippen LogP contribution in [0.3, 0.4) is 0 Å². The number of rotatable bonds is 1. The molecule has 0 aliphatic carbocycles. The molecule has 0 amide bonds. The molecule has 0 unspecified atom stereocenters. The van der Waals surface area contributed by atoms with Gasteiger partial charge in [-0.2, -0.15) is 17.2 Å². The Hall–Kier alpha value is -0.350. The molecule has 0 saturated heterocycles. The quantitative estimate of drug-likeness (QED) is 0.338. The normalized spacial score (nSPS) is 11.1. The van der Waals surface area contributed by atoms with Crippen molar-refractivity contribution in [1.29, 1.82) is 0 Å². The molecule has 4 nitrogen and oxygen atoms in total. The van der Waals surface area contributed by atoms with Gasteiger partial charge < -0.3 is 5.11 Å². The first-order chi connectivity index (χ1) is 6.68. The molecule has 2 N–H and O–H groups in total. The van der Waals surface area contributed by atoms with Gasteiger partial charge in [0.15, 0.2) is 22.3 Å². The van der Waals surface area contributed by atoms with E-state index in [1.54, 1.807) is 0 Å². The molecule has 1 rings (SSSR count). The topological polar surface area (TPSA) is 74.6 Å². The van der Waals surface area contributed by atoms with Crippen LogP contribution < -0.4 is 0 Å². The molecule has 86 valence electrons. The monoisotopic (exact) mass is 270 g/mol. The number of phenolic OH excluding ortho intramolecular Hbond substituents is 1. The second-order valence-corrected chi connectivity index (χ2v) is 3.77. The summed E-state index contributed by atoms with van der Waals surface area (Å²) in [5, 5.41) is 8.45. The number of benzene rings is 1. The molecule has 0 aliphatic rings. The van der Waals surface area contributed by atoms with E-state index >= 15 is 0 Å². The van der Waals surface area contributed by atoms with Gasteiger partial charge in [-0.15, -0.1) is 0 Å². The number of hydrogen-bond acceptors (Lipinski definition) is 3. The third-order valence-corrected chi connectivity index (χ3v) is 2.33. The Balaban J connectivity index is 0.00000225. The first-order valence-electron chi connectivity index (χ1n) is 3.20. The fourth-order valence-corrected chi connectivity index (χ4v) is 1.46. The zero-order valence-electron chi connectivity index (χ0n) is 6.63. The summed E-state index contributed by atoms with van der Waals surface area (Å²) in [6.07, 6.45) is 0. The van der Waals surface area contributed by atoms with Crippen molar-refractivity contribution in [3.8, 4) is 5.75 Å². The molecule has 0 heterocycles. The summed E-state index contributed by atoms with van der Waals surface area (Å²) in [5.41, 5.74) is 0. The van der Waals surface area contributed by atoms with Crippen LogP contribution >= 0.6 is 0 Å². The predicted octanol–water partition coefficient (Wildman–Crippen LogP) is 0.547. The van der Waals surface area contributed by atoms with Gasteiger partial charge in [0.1, 0.15) is 0 Å². The molecule has 0 saturated carbocycles. The van der Waals surface area contributed by atoms with Gasteiger partial charge in [-0.1, -0.05) is 0 Å². The van der Waals surface area contributed by atoms with E-state index < -0.39 is 44.0 Å². The van der Waals surface area contributed by atoms with Crippen LogP contribution in [0.2, 0.25) is 0 Å². The van der Waals surface area contributed by atoms with Crippen molar-refractivity contribution in [3.63, 3.8) is 0 Å². The molecule has 0 bridgehead atoms. The van der Waals surface area contributed by atoms with E-state index in [9.17, 15) is 26.0 Å². The van der Waals surface area contributed by atoms with E-state index in [2.05, 4.69) is 0 Å². The summed E-state index contributed by atoms with van der Waals surface area (Å²) in [6.45, 7) is 0. The van der Waals surface area contributed by atoms with Crippen LogP contribution in [0, 0.1) is 23.3 Å². The van der Waals surface area contributed by atoms with Crippen molar-refractivity contribution in [2.75, 3.05) is 0 Å². The molecule has 0 spiro atoms. The van der Waals surface area contributed by atoms with E-state index in [1.807, 2.05) is 0 Å². The third-order valence-electron chi connectivity index (χ3n) is 1.46. The summed E-state index contributed by atoms with van der Waals surface area (Å²) in [6, 6.07) is 0. The van der Waals surface area contributed by atoms with E-state index in [1.165, 1.54) is 0 Å². The van der Waals surface area contributed by atoms with E-state index in [4.69, 9.17) is 9.66 Å². The van der Waals surface area contributed by atoms with Gasteiger partial charge >= 0.3 is 39.7 Å². The van der Waals surface area contributed by atoms with Crippen molar-refractivity contribution in [1.82, 2.24) is 0 Å². The number of hydrogen-bond donors (Lipinski definition) is 2. The van der Waals surface area contributed by atoms with Crippen molar-refractivity contribution >= 4 is 39.7 Å². The molecule has 0 aliphatic heterocycles. The molecule has 10 heteroatoms. The molecule has 1 aromatic rings. The zero-order chi connectivity index (χ0) is 12.0. The average molecular weight is 270 g/mol. The SMILES string of the molecule is O=S(=O)(O)c1c(F)c(F)c(O)c(F)c1F.[NaH]. The second-order valence-electron chi connectivity index (χ2n) is 2.41. The standard InChI is InChI=1S/C6H2F4O4S.Na.H/c7-1-3(9)6(15(12,13)14)4(10)2(8)5(1)11;;/h11H,(H,12,13,14);;. The molecule has 0 aromatic heterocycles. The maximum absolute atomic E-state index is 12.7. The van der Waals surface area contributed by atoms with Crippen LogP contribution in [0.25, 0.3) is 0 Å². The van der Waals surface area contributed by atoms with Gasteiger partial charge in [0.25, 0.3) is 0 Å². The maximum atomic E-state index is 12.7. The van der Waals surface area contributed by atoms with E-state index in [-0.39, 0.29) is 29.6 Å². The van der Waals surface area contributed by atoms with Gasteiger partial charge in [-0.25, -0.2) is 8.78 Å². The molecule has 16 heavy (non-hydrogen) atoms. The zero-order valence-corrected chi connectivity index (χ0v) is 7.45. The van der Waals surface area contributed by atoms with Gasteiger partial charge in [-0.05, 0) is 0 Å². The molecule has 0 radical (unpaired) electrons. The molecule has 0 fully saturated rings. The summed E-state index contributed by atoms with van der Waals surface area (Å²) >= 11 is 0. The number of halogens is 4. The average Bonchev–Trinajstić information content (AvgIpc) is 2.09. The molecule has 1 aromatic carbocycles. The molecular weight excluding hydrogens is 267 g/mol. The van der Waals surface area contributed by atoms with Crippen LogP contribution in [-0.4, -0.2) is 47.6 Å². The van der Waals surface area contributed by atoms with E-state index in [0.29, 0.717) is 0 Å². The Labute approximate surface area is 109 Å². The van der Waals surface area contributed by atoms with Crippen molar-refractivity contribution < 1.29 is 35.6 Å². The van der Waals surface area contributed by atoms with Gasteiger partial charge in [0.05, 0.1) is 0 Å². The second kappa shape index (κ2) is 4.88. The van der Waals surface area contributed by atoms with Crippen LogP contribution in [-0.2, 0) is 10.1 Å². The van der Waals surface area contributed by atoms with Crippen LogP contribution in [0.1, 0.15) is 0 Å². The van der Waals surface area contributed by atoms with Crippen molar-refractivity contribution in [2.24, 2.45) is 0 Å². The first kappa shape index (κ1) is 15.7. The molecular formula is C6H3F4NaO4S. The van der Waals surface area contributed by atoms with Gasteiger partial charge in [0, 0.05) is 0 Å². The van der Waals surface area contributed by atoms with Gasteiger partial charge in [-0.3, -0.25) is 4.55 Å². The summed E-state index contributed by atoms with van der Waals surface area (Å²) in [5.74, 6) is -11.4. The van der Waals surface area contributed by atoms with Crippen molar-refractivity contribution in [3.05, 3.63) is 23.3 Å². The Kier molecular flexibility index (Phi) is 4.77. The van der Waals surface area contributed by atoms with Crippen LogP contribution in [0.15, 0.2) is 4.90 Å². The first-order valence-corrected chi connectivity index (χ1v) is 4.64. The fraction of sp³-hybridized carbons (Fsp3) is 0. The Morgan fingerprint density at radius 3 is 1.44 bits per heavy atom. The van der Waals surface area contributed by atoms with Crippen LogP contribution in [0.4, 0.5) is 17.6 Å². The number of aromatic hydroxyl groups is 1.